The molecule has 1 aromatic rings. The van der Waals surface area contributed by atoms with Gasteiger partial charge < -0.3 is 0 Å². The monoisotopic (exact) mass is 173 g/mol. The minimum absolute atomic E-state index is 0.518. The summed E-state index contributed by atoms with van der Waals surface area (Å²) in [5.74, 6) is 0. The molecule has 0 spiro atoms. The van der Waals surface area contributed by atoms with E-state index in [1.807, 2.05) is 0 Å². The standard InChI is InChI=1S/C12H15N/c1-10-6-5-9-12(13-10)11-7-3-2-4-8-11/h2-4,7-8,10H,5-6,9H2,1H3/t10-/m0/s1. The van der Waals surface area contributed by atoms with Gasteiger partial charge in [0, 0.05) is 11.8 Å². The van der Waals surface area contributed by atoms with Crippen molar-refractivity contribution < 1.29 is 0 Å². The van der Waals surface area contributed by atoms with Crippen molar-refractivity contribution in [2.75, 3.05) is 0 Å². The second-order valence-electron chi connectivity index (χ2n) is 3.68. The van der Waals surface area contributed by atoms with E-state index < -0.39 is 0 Å². The van der Waals surface area contributed by atoms with E-state index in [0.717, 1.165) is 6.42 Å². The molecule has 0 bridgehead atoms. The second kappa shape index (κ2) is 3.73. The number of aliphatic imine (C=N–C) groups is 1. The van der Waals surface area contributed by atoms with Crippen LogP contribution in [0.4, 0.5) is 0 Å². The summed E-state index contributed by atoms with van der Waals surface area (Å²) in [6.07, 6.45) is 3.68. The van der Waals surface area contributed by atoms with E-state index in [4.69, 9.17) is 0 Å². The Balaban J connectivity index is 2.26. The lowest BCUT2D eigenvalue weighted by molar-refractivity contribution is 0.610. The Morgan fingerprint density at radius 1 is 1.23 bits per heavy atom. The molecule has 1 heterocycles. The SMILES string of the molecule is C[C@H]1CCCC(c2ccccc2)=N1. The fourth-order valence-corrected chi connectivity index (χ4v) is 1.81. The van der Waals surface area contributed by atoms with Crippen LogP contribution in [0.5, 0.6) is 0 Å². The minimum Gasteiger partial charge on any atom is -0.286 e. The number of hydrogen-bond donors (Lipinski definition) is 0. The molecule has 0 aliphatic carbocycles. The Labute approximate surface area is 79.5 Å². The molecule has 0 radical (unpaired) electrons. The molecule has 1 atom stereocenters. The third-order valence-electron chi connectivity index (χ3n) is 2.52. The van der Waals surface area contributed by atoms with Crippen LogP contribution in [0.3, 0.4) is 0 Å². The van der Waals surface area contributed by atoms with Gasteiger partial charge in [-0.15, -0.1) is 0 Å². The zero-order valence-corrected chi connectivity index (χ0v) is 8.03. The Kier molecular flexibility index (Phi) is 2.44. The molecule has 1 aliphatic rings. The van der Waals surface area contributed by atoms with Crippen LogP contribution in [0.2, 0.25) is 0 Å². The molecule has 1 nitrogen and oxygen atoms in total. The van der Waals surface area contributed by atoms with Gasteiger partial charge in [0.25, 0.3) is 0 Å². The van der Waals surface area contributed by atoms with E-state index >= 15 is 0 Å². The first-order valence-corrected chi connectivity index (χ1v) is 4.98. The van der Waals surface area contributed by atoms with Gasteiger partial charge in [-0.25, -0.2) is 0 Å². The van der Waals surface area contributed by atoms with Crippen LogP contribution in [0, 0.1) is 0 Å². The number of rotatable bonds is 1. The highest BCUT2D eigenvalue weighted by molar-refractivity contribution is 6.00. The van der Waals surface area contributed by atoms with E-state index in [1.54, 1.807) is 0 Å². The maximum absolute atomic E-state index is 4.67. The molecular weight excluding hydrogens is 158 g/mol. The van der Waals surface area contributed by atoms with Crippen LogP contribution in [-0.4, -0.2) is 11.8 Å². The largest absolute Gasteiger partial charge is 0.286 e. The molecule has 2 rings (SSSR count). The maximum atomic E-state index is 4.67. The van der Waals surface area contributed by atoms with Crippen LogP contribution in [0.15, 0.2) is 35.3 Å². The summed E-state index contributed by atoms with van der Waals surface area (Å²) < 4.78 is 0. The summed E-state index contributed by atoms with van der Waals surface area (Å²) in [6, 6.07) is 11.0. The van der Waals surface area contributed by atoms with Crippen LogP contribution in [-0.2, 0) is 0 Å². The molecule has 13 heavy (non-hydrogen) atoms. The lowest BCUT2D eigenvalue weighted by Crippen LogP contribution is -2.13. The first kappa shape index (κ1) is 8.49. The first-order valence-electron chi connectivity index (χ1n) is 4.98. The molecular formula is C12H15N. The molecule has 1 aliphatic heterocycles. The van der Waals surface area contributed by atoms with Gasteiger partial charge in [-0.3, -0.25) is 4.99 Å². The maximum Gasteiger partial charge on any atom is 0.0475 e. The highest BCUT2D eigenvalue weighted by atomic mass is 14.8. The van der Waals surface area contributed by atoms with Gasteiger partial charge in [-0.05, 0) is 31.7 Å². The van der Waals surface area contributed by atoms with Crippen molar-refractivity contribution in [1.29, 1.82) is 0 Å². The summed E-state index contributed by atoms with van der Waals surface area (Å²) in [5.41, 5.74) is 2.59. The van der Waals surface area contributed by atoms with Crippen molar-refractivity contribution in [3.05, 3.63) is 35.9 Å². The average Bonchev–Trinajstić information content (AvgIpc) is 2.19. The zero-order valence-electron chi connectivity index (χ0n) is 8.03. The van der Waals surface area contributed by atoms with Gasteiger partial charge in [-0.1, -0.05) is 30.3 Å². The molecule has 1 heteroatoms. The number of hydrogen-bond acceptors (Lipinski definition) is 1. The lowest BCUT2D eigenvalue weighted by atomic mass is 9.99. The van der Waals surface area contributed by atoms with E-state index in [0.29, 0.717) is 6.04 Å². The molecule has 0 fully saturated rings. The molecule has 0 unspecified atom stereocenters. The van der Waals surface area contributed by atoms with Crippen molar-refractivity contribution in [2.24, 2.45) is 4.99 Å². The zero-order chi connectivity index (χ0) is 9.10. The Hall–Kier alpha value is -1.11. The van der Waals surface area contributed by atoms with Gasteiger partial charge >= 0.3 is 0 Å². The summed E-state index contributed by atoms with van der Waals surface area (Å²) in [4.78, 5) is 4.67. The van der Waals surface area contributed by atoms with Gasteiger partial charge in [0.1, 0.15) is 0 Å². The average molecular weight is 173 g/mol. The molecule has 1 aromatic carbocycles. The van der Waals surface area contributed by atoms with E-state index in [1.165, 1.54) is 24.1 Å². The van der Waals surface area contributed by atoms with Crippen LogP contribution in [0.25, 0.3) is 0 Å². The van der Waals surface area contributed by atoms with Crippen LogP contribution in [0.1, 0.15) is 31.7 Å². The highest BCUT2D eigenvalue weighted by Gasteiger charge is 2.11. The highest BCUT2D eigenvalue weighted by Crippen LogP contribution is 2.17. The molecule has 68 valence electrons. The summed E-state index contributed by atoms with van der Waals surface area (Å²) in [5, 5.41) is 0. The van der Waals surface area contributed by atoms with E-state index in [2.05, 4.69) is 42.2 Å². The summed E-state index contributed by atoms with van der Waals surface area (Å²) in [6.45, 7) is 2.20. The van der Waals surface area contributed by atoms with Crippen molar-refractivity contribution >= 4 is 5.71 Å². The Morgan fingerprint density at radius 2 is 2.00 bits per heavy atom. The molecule has 0 saturated heterocycles. The van der Waals surface area contributed by atoms with Crippen molar-refractivity contribution in [1.82, 2.24) is 0 Å². The first-order chi connectivity index (χ1) is 6.36. The predicted octanol–water partition coefficient (Wildman–Crippen LogP) is 3.05. The van der Waals surface area contributed by atoms with Crippen molar-refractivity contribution in [2.45, 2.75) is 32.2 Å². The number of nitrogens with zero attached hydrogens (tertiary/aromatic N) is 1. The van der Waals surface area contributed by atoms with E-state index in [9.17, 15) is 0 Å². The minimum atomic E-state index is 0.518. The fraction of sp³-hybridized carbons (Fsp3) is 0.417. The van der Waals surface area contributed by atoms with Gasteiger partial charge in [-0.2, -0.15) is 0 Å². The van der Waals surface area contributed by atoms with Gasteiger partial charge in [0.05, 0.1) is 0 Å². The number of benzene rings is 1. The summed E-state index contributed by atoms with van der Waals surface area (Å²) >= 11 is 0. The molecule has 0 saturated carbocycles. The molecule has 0 amide bonds. The third-order valence-corrected chi connectivity index (χ3v) is 2.52. The van der Waals surface area contributed by atoms with Gasteiger partial charge in [0.2, 0.25) is 0 Å². The van der Waals surface area contributed by atoms with Crippen molar-refractivity contribution in [3.8, 4) is 0 Å². The van der Waals surface area contributed by atoms with E-state index in [-0.39, 0.29) is 0 Å². The van der Waals surface area contributed by atoms with Crippen LogP contribution < -0.4 is 0 Å². The second-order valence-corrected chi connectivity index (χ2v) is 3.68. The molecule has 0 aromatic heterocycles. The van der Waals surface area contributed by atoms with Gasteiger partial charge in [0.15, 0.2) is 0 Å². The Morgan fingerprint density at radius 3 is 2.69 bits per heavy atom. The summed E-state index contributed by atoms with van der Waals surface area (Å²) in [7, 11) is 0. The topological polar surface area (TPSA) is 12.4 Å². The quantitative estimate of drug-likeness (QED) is 0.619. The molecule has 0 N–H and O–H groups in total. The smallest absolute Gasteiger partial charge is 0.0475 e. The normalized spacial score (nSPS) is 22.5. The predicted molar refractivity (Wildman–Crippen MR) is 56.3 cm³/mol. The van der Waals surface area contributed by atoms with Crippen molar-refractivity contribution in [3.63, 3.8) is 0 Å². The Bertz CT molecular complexity index is 300. The lowest BCUT2D eigenvalue weighted by Gasteiger charge is -2.16. The van der Waals surface area contributed by atoms with Crippen LogP contribution >= 0.6 is 0 Å². The fourth-order valence-electron chi connectivity index (χ4n) is 1.81. The third kappa shape index (κ3) is 1.97.